The van der Waals surface area contributed by atoms with Gasteiger partial charge in [-0.2, -0.15) is 0 Å². The number of carbonyl (C=O) groups excluding carboxylic acids is 1. The molecule has 2 aromatic carbocycles. The van der Waals surface area contributed by atoms with Gasteiger partial charge in [-0.3, -0.25) is 4.79 Å². The maximum absolute atomic E-state index is 12.5. The van der Waals surface area contributed by atoms with E-state index in [-0.39, 0.29) is 12.3 Å². The fourth-order valence-electron chi connectivity index (χ4n) is 3.02. The van der Waals surface area contributed by atoms with Gasteiger partial charge >= 0.3 is 5.97 Å². The summed E-state index contributed by atoms with van der Waals surface area (Å²) >= 11 is 0. The van der Waals surface area contributed by atoms with Crippen molar-refractivity contribution in [1.29, 1.82) is 0 Å². The van der Waals surface area contributed by atoms with Crippen LogP contribution in [0.2, 0.25) is 0 Å². The molecule has 1 aliphatic rings. The van der Waals surface area contributed by atoms with Crippen molar-refractivity contribution in [1.82, 2.24) is 5.32 Å². The zero-order valence-corrected chi connectivity index (χ0v) is 13.9. The van der Waals surface area contributed by atoms with Gasteiger partial charge in [0, 0.05) is 24.5 Å². The first-order valence-electron chi connectivity index (χ1n) is 8.39. The second-order valence-corrected chi connectivity index (χ2v) is 6.24. The van der Waals surface area contributed by atoms with Crippen molar-refractivity contribution in [2.24, 2.45) is 0 Å². The van der Waals surface area contributed by atoms with Gasteiger partial charge in [0.2, 0.25) is 0 Å². The fraction of sp³-hybridized carbons (Fsp3) is 0.300. The van der Waals surface area contributed by atoms with Crippen LogP contribution in [-0.4, -0.2) is 36.2 Å². The molecule has 2 aromatic rings. The van der Waals surface area contributed by atoms with E-state index in [1.807, 2.05) is 48.5 Å². The van der Waals surface area contributed by atoms with Gasteiger partial charge in [0.05, 0.1) is 6.61 Å². The van der Waals surface area contributed by atoms with Crippen molar-refractivity contribution in [2.45, 2.75) is 24.8 Å². The first-order valence-corrected chi connectivity index (χ1v) is 8.39. The number of amides is 1. The van der Waals surface area contributed by atoms with Crippen molar-refractivity contribution in [3.05, 3.63) is 71.3 Å². The lowest BCUT2D eigenvalue weighted by Gasteiger charge is -2.16. The topological polar surface area (TPSA) is 75.6 Å². The van der Waals surface area contributed by atoms with Gasteiger partial charge in [0.1, 0.15) is 6.04 Å². The Balaban J connectivity index is 1.71. The number of nitrogens with one attached hydrogen (secondary N) is 1. The third-order valence-electron chi connectivity index (χ3n) is 4.44. The third-order valence-corrected chi connectivity index (χ3v) is 4.44. The van der Waals surface area contributed by atoms with Crippen molar-refractivity contribution in [2.75, 3.05) is 13.2 Å². The minimum absolute atomic E-state index is 0.248. The molecule has 5 heteroatoms. The van der Waals surface area contributed by atoms with Crippen molar-refractivity contribution in [3.8, 4) is 0 Å². The predicted molar refractivity (Wildman–Crippen MR) is 93.7 cm³/mol. The highest BCUT2D eigenvalue weighted by atomic mass is 16.5. The van der Waals surface area contributed by atoms with Crippen molar-refractivity contribution >= 4 is 11.9 Å². The molecule has 2 atom stereocenters. The number of hydrogen-bond donors (Lipinski definition) is 2. The highest BCUT2D eigenvalue weighted by Gasteiger charge is 2.22. The van der Waals surface area contributed by atoms with Crippen molar-refractivity contribution < 1.29 is 19.4 Å². The SMILES string of the molecule is O=C(NC(Cc1ccccc1)C(=O)O)c1cccc(C2CCOC2)c1. The van der Waals surface area contributed by atoms with Crippen LogP contribution in [0, 0.1) is 0 Å². The molecule has 1 aliphatic heterocycles. The molecule has 130 valence electrons. The first kappa shape index (κ1) is 17.2. The van der Waals surface area contributed by atoms with Gasteiger partial charge in [0.15, 0.2) is 0 Å². The molecule has 0 aromatic heterocycles. The smallest absolute Gasteiger partial charge is 0.326 e. The number of benzene rings is 2. The van der Waals surface area contributed by atoms with E-state index >= 15 is 0 Å². The third kappa shape index (κ3) is 4.45. The van der Waals surface area contributed by atoms with Gasteiger partial charge in [-0.05, 0) is 29.7 Å². The zero-order valence-electron chi connectivity index (χ0n) is 13.9. The Hall–Kier alpha value is -2.66. The maximum atomic E-state index is 12.5. The van der Waals surface area contributed by atoms with Crippen LogP contribution in [0.1, 0.15) is 33.8 Å². The van der Waals surface area contributed by atoms with Gasteiger partial charge in [-0.15, -0.1) is 0 Å². The highest BCUT2D eigenvalue weighted by molar-refractivity contribution is 5.96. The monoisotopic (exact) mass is 339 g/mol. The van der Waals surface area contributed by atoms with Crippen LogP contribution in [-0.2, 0) is 16.0 Å². The maximum Gasteiger partial charge on any atom is 0.326 e. The van der Waals surface area contributed by atoms with E-state index in [1.54, 1.807) is 6.07 Å². The summed E-state index contributed by atoms with van der Waals surface area (Å²) in [6, 6.07) is 15.7. The standard InChI is InChI=1S/C20H21NO4/c22-19(16-8-4-7-15(12-16)17-9-10-25-13-17)21-18(20(23)24)11-14-5-2-1-3-6-14/h1-8,12,17-18H,9-11,13H2,(H,21,22)(H,23,24). The summed E-state index contributed by atoms with van der Waals surface area (Å²) in [6.45, 7) is 1.40. The lowest BCUT2D eigenvalue weighted by Crippen LogP contribution is -2.42. The van der Waals surface area contributed by atoms with E-state index in [0.717, 1.165) is 24.2 Å². The van der Waals surface area contributed by atoms with E-state index in [2.05, 4.69) is 5.32 Å². The molecule has 0 spiro atoms. The largest absolute Gasteiger partial charge is 0.480 e. The van der Waals surface area contributed by atoms with Crippen LogP contribution in [0.4, 0.5) is 0 Å². The Morgan fingerprint density at radius 1 is 1.16 bits per heavy atom. The van der Waals surface area contributed by atoms with Crippen LogP contribution in [0.25, 0.3) is 0 Å². The Labute approximate surface area is 146 Å². The molecule has 0 radical (unpaired) electrons. The van der Waals surface area contributed by atoms with E-state index < -0.39 is 12.0 Å². The molecular weight excluding hydrogens is 318 g/mol. The molecule has 0 aliphatic carbocycles. The quantitative estimate of drug-likeness (QED) is 0.848. The molecule has 1 amide bonds. The average Bonchev–Trinajstić information content (AvgIpc) is 3.17. The van der Waals surface area contributed by atoms with Crippen LogP contribution in [0.3, 0.4) is 0 Å². The number of carboxylic acid groups (broad SMARTS) is 1. The first-order chi connectivity index (χ1) is 12.1. The van der Waals surface area contributed by atoms with Crippen LogP contribution < -0.4 is 5.32 Å². The van der Waals surface area contributed by atoms with Crippen LogP contribution >= 0.6 is 0 Å². The molecular formula is C20H21NO4. The average molecular weight is 339 g/mol. The molecule has 3 rings (SSSR count). The summed E-state index contributed by atoms with van der Waals surface area (Å²) in [5.74, 6) is -1.12. The molecule has 1 heterocycles. The summed E-state index contributed by atoms with van der Waals surface area (Å²) in [5.41, 5.74) is 2.40. The molecule has 1 fully saturated rings. The second-order valence-electron chi connectivity index (χ2n) is 6.24. The zero-order chi connectivity index (χ0) is 17.6. The number of ether oxygens (including phenoxy) is 1. The highest BCUT2D eigenvalue weighted by Crippen LogP contribution is 2.25. The van der Waals surface area contributed by atoms with Gasteiger partial charge in [-0.25, -0.2) is 4.79 Å². The second kappa shape index (κ2) is 7.94. The molecule has 5 nitrogen and oxygen atoms in total. The molecule has 1 saturated heterocycles. The van der Waals surface area contributed by atoms with E-state index in [1.165, 1.54) is 0 Å². The predicted octanol–water partition coefficient (Wildman–Crippen LogP) is 2.62. The Kier molecular flexibility index (Phi) is 5.46. The molecule has 0 bridgehead atoms. The fourth-order valence-corrected chi connectivity index (χ4v) is 3.02. The van der Waals surface area contributed by atoms with Gasteiger partial charge < -0.3 is 15.2 Å². The number of carbonyl (C=O) groups is 2. The van der Waals surface area contributed by atoms with E-state index in [0.29, 0.717) is 18.1 Å². The summed E-state index contributed by atoms with van der Waals surface area (Å²) in [7, 11) is 0. The van der Waals surface area contributed by atoms with E-state index in [9.17, 15) is 14.7 Å². The molecule has 0 saturated carbocycles. The summed E-state index contributed by atoms with van der Waals surface area (Å²) in [4.78, 5) is 24.0. The molecule has 2 N–H and O–H groups in total. The number of aliphatic carboxylic acids is 1. The summed E-state index contributed by atoms with van der Waals surface area (Å²) in [6.07, 6.45) is 1.19. The number of rotatable bonds is 6. The summed E-state index contributed by atoms with van der Waals surface area (Å²) < 4.78 is 5.40. The van der Waals surface area contributed by atoms with E-state index in [4.69, 9.17) is 4.74 Å². The minimum Gasteiger partial charge on any atom is -0.480 e. The lowest BCUT2D eigenvalue weighted by molar-refractivity contribution is -0.139. The molecule has 2 unspecified atom stereocenters. The molecule has 25 heavy (non-hydrogen) atoms. The van der Waals surface area contributed by atoms with Gasteiger partial charge in [0.25, 0.3) is 5.91 Å². The van der Waals surface area contributed by atoms with Crippen molar-refractivity contribution in [3.63, 3.8) is 0 Å². The van der Waals surface area contributed by atoms with Crippen LogP contribution in [0.5, 0.6) is 0 Å². The number of carboxylic acids is 1. The normalized spacial score (nSPS) is 17.8. The van der Waals surface area contributed by atoms with Crippen LogP contribution in [0.15, 0.2) is 54.6 Å². The Morgan fingerprint density at radius 3 is 2.64 bits per heavy atom. The van der Waals surface area contributed by atoms with Gasteiger partial charge in [-0.1, -0.05) is 42.5 Å². The summed E-state index contributed by atoms with van der Waals surface area (Å²) in [5, 5.41) is 12.1. The number of hydrogen-bond acceptors (Lipinski definition) is 3. The Morgan fingerprint density at radius 2 is 1.96 bits per heavy atom. The lowest BCUT2D eigenvalue weighted by atomic mass is 9.96. The Bertz CT molecular complexity index is 738. The minimum atomic E-state index is -1.04.